The Hall–Kier alpha value is -2.92. The Balaban J connectivity index is 2.30. The third kappa shape index (κ3) is 5.30. The molecule has 1 aromatic rings. The van der Waals surface area contributed by atoms with Crippen LogP contribution in [0, 0.1) is 10.1 Å². The number of nitro groups is 1. The number of nitro benzene ring substituents is 1. The Morgan fingerprint density at radius 1 is 1.32 bits per heavy atom. The lowest BCUT2D eigenvalue weighted by Gasteiger charge is -2.32. The molecule has 1 aliphatic heterocycles. The van der Waals surface area contributed by atoms with Crippen molar-refractivity contribution in [3.8, 4) is 11.5 Å². The molecule has 2 rings (SSSR count). The van der Waals surface area contributed by atoms with Gasteiger partial charge in [0.05, 0.1) is 43.8 Å². The summed E-state index contributed by atoms with van der Waals surface area (Å²) in [7, 11) is 2.85. The Labute approximate surface area is 160 Å². The standard InChI is InChI=1S/C17H22N2O9/c1-25-5-6-28-15-9-13(19(23)24)12(8-14(15)26-2)17(22)18-3-4-27-11(10-18)7-16(20)21/h8-9,11H,3-7,10H2,1-2H3,(H,20,21). The average molecular weight is 398 g/mol. The molecule has 11 heteroatoms. The molecule has 1 atom stereocenters. The predicted octanol–water partition coefficient (Wildman–Crippen LogP) is 0.944. The number of amides is 1. The number of carbonyl (C=O) groups is 2. The molecule has 1 saturated heterocycles. The summed E-state index contributed by atoms with van der Waals surface area (Å²) in [5.41, 5.74) is -0.601. The maximum atomic E-state index is 12.9. The van der Waals surface area contributed by atoms with E-state index in [1.54, 1.807) is 0 Å². The fraction of sp³-hybridized carbons (Fsp3) is 0.529. The Morgan fingerprint density at radius 3 is 2.68 bits per heavy atom. The molecule has 1 aliphatic rings. The van der Waals surface area contributed by atoms with E-state index in [4.69, 9.17) is 24.1 Å². The molecule has 0 aromatic heterocycles. The molecule has 11 nitrogen and oxygen atoms in total. The lowest BCUT2D eigenvalue weighted by molar-refractivity contribution is -0.385. The Kier molecular flexibility index (Phi) is 7.52. The van der Waals surface area contributed by atoms with E-state index >= 15 is 0 Å². The number of methoxy groups -OCH3 is 2. The van der Waals surface area contributed by atoms with Crippen LogP contribution in [0.3, 0.4) is 0 Å². The van der Waals surface area contributed by atoms with Gasteiger partial charge in [-0.3, -0.25) is 19.7 Å². The number of nitrogens with zero attached hydrogens (tertiary/aromatic N) is 2. The summed E-state index contributed by atoms with van der Waals surface area (Å²) in [5.74, 6) is -1.37. The van der Waals surface area contributed by atoms with Gasteiger partial charge in [-0.25, -0.2) is 0 Å². The van der Waals surface area contributed by atoms with Crippen LogP contribution in [0.4, 0.5) is 5.69 Å². The molecule has 1 fully saturated rings. The fourth-order valence-electron chi connectivity index (χ4n) is 2.77. The first-order chi connectivity index (χ1) is 13.4. The van der Waals surface area contributed by atoms with Crippen molar-refractivity contribution in [2.24, 2.45) is 0 Å². The number of morpholine rings is 1. The Morgan fingerprint density at radius 2 is 2.07 bits per heavy atom. The van der Waals surface area contributed by atoms with Crippen molar-refractivity contribution in [2.45, 2.75) is 12.5 Å². The molecule has 28 heavy (non-hydrogen) atoms. The Bertz CT molecular complexity index is 738. The third-order valence-corrected chi connectivity index (χ3v) is 4.08. The summed E-state index contributed by atoms with van der Waals surface area (Å²) in [4.78, 5) is 35.9. The summed E-state index contributed by atoms with van der Waals surface area (Å²) < 4.78 is 20.9. The summed E-state index contributed by atoms with van der Waals surface area (Å²) in [5, 5.41) is 20.4. The number of ether oxygens (including phenoxy) is 4. The number of hydrogen-bond acceptors (Lipinski definition) is 8. The highest BCUT2D eigenvalue weighted by Crippen LogP contribution is 2.35. The molecule has 0 radical (unpaired) electrons. The van der Waals surface area contributed by atoms with Gasteiger partial charge in [0.2, 0.25) is 0 Å². The van der Waals surface area contributed by atoms with Crippen LogP contribution in [0.1, 0.15) is 16.8 Å². The highest BCUT2D eigenvalue weighted by atomic mass is 16.6. The summed E-state index contributed by atoms with van der Waals surface area (Å²) in [6, 6.07) is 2.39. The SMILES string of the molecule is COCCOc1cc([N+](=O)[O-])c(C(=O)N2CCOC(CC(=O)O)C2)cc1OC. The molecular weight excluding hydrogens is 376 g/mol. The summed E-state index contributed by atoms with van der Waals surface area (Å²) in [6.45, 7) is 0.790. The molecule has 154 valence electrons. The lowest BCUT2D eigenvalue weighted by Crippen LogP contribution is -2.46. The zero-order valence-electron chi connectivity index (χ0n) is 15.6. The maximum Gasteiger partial charge on any atom is 0.306 e. The van der Waals surface area contributed by atoms with Crippen LogP contribution in [0.5, 0.6) is 11.5 Å². The van der Waals surface area contributed by atoms with Gasteiger partial charge >= 0.3 is 5.97 Å². The van der Waals surface area contributed by atoms with Crippen LogP contribution >= 0.6 is 0 Å². The quantitative estimate of drug-likeness (QED) is 0.366. The molecule has 0 saturated carbocycles. The summed E-state index contributed by atoms with van der Waals surface area (Å²) in [6.07, 6.45) is -0.936. The molecule has 1 unspecified atom stereocenters. The zero-order valence-corrected chi connectivity index (χ0v) is 15.6. The number of benzene rings is 1. The van der Waals surface area contributed by atoms with Crippen LogP contribution in [0.2, 0.25) is 0 Å². The number of carboxylic acid groups (broad SMARTS) is 1. The number of rotatable bonds is 9. The highest BCUT2D eigenvalue weighted by molar-refractivity contribution is 5.99. The topological polar surface area (TPSA) is 138 Å². The molecule has 1 amide bonds. The lowest BCUT2D eigenvalue weighted by atomic mass is 10.1. The minimum atomic E-state index is -1.05. The second-order valence-corrected chi connectivity index (χ2v) is 5.96. The van der Waals surface area contributed by atoms with Crippen LogP contribution < -0.4 is 9.47 Å². The van der Waals surface area contributed by atoms with Crippen molar-refractivity contribution in [2.75, 3.05) is 47.1 Å². The van der Waals surface area contributed by atoms with Crippen molar-refractivity contribution >= 4 is 17.6 Å². The van der Waals surface area contributed by atoms with Gasteiger partial charge in [0.1, 0.15) is 12.2 Å². The largest absolute Gasteiger partial charge is 0.493 e. The zero-order chi connectivity index (χ0) is 20.7. The number of carboxylic acids is 1. The van der Waals surface area contributed by atoms with Gasteiger partial charge in [-0.2, -0.15) is 0 Å². The van der Waals surface area contributed by atoms with E-state index < -0.39 is 28.6 Å². The molecular formula is C17H22N2O9. The van der Waals surface area contributed by atoms with Crippen LogP contribution in [-0.2, 0) is 14.3 Å². The molecule has 0 spiro atoms. The van der Waals surface area contributed by atoms with Crippen molar-refractivity contribution in [3.05, 3.63) is 27.8 Å². The van der Waals surface area contributed by atoms with Crippen molar-refractivity contribution in [1.29, 1.82) is 0 Å². The van der Waals surface area contributed by atoms with Gasteiger partial charge < -0.3 is 29.0 Å². The van der Waals surface area contributed by atoms with Gasteiger partial charge in [-0.1, -0.05) is 0 Å². The van der Waals surface area contributed by atoms with Crippen LogP contribution in [0.25, 0.3) is 0 Å². The van der Waals surface area contributed by atoms with E-state index in [-0.39, 0.29) is 56.4 Å². The predicted molar refractivity (Wildman–Crippen MR) is 94.9 cm³/mol. The maximum absolute atomic E-state index is 12.9. The minimum absolute atomic E-state index is 0.0245. The van der Waals surface area contributed by atoms with Gasteiger partial charge in [0, 0.05) is 26.3 Å². The van der Waals surface area contributed by atoms with E-state index in [9.17, 15) is 19.7 Å². The van der Waals surface area contributed by atoms with Gasteiger partial charge in [-0.15, -0.1) is 0 Å². The molecule has 1 N–H and O–H groups in total. The van der Waals surface area contributed by atoms with E-state index in [2.05, 4.69) is 0 Å². The van der Waals surface area contributed by atoms with Gasteiger partial charge in [0.25, 0.3) is 11.6 Å². The van der Waals surface area contributed by atoms with E-state index in [1.165, 1.54) is 25.2 Å². The summed E-state index contributed by atoms with van der Waals surface area (Å²) >= 11 is 0. The normalized spacial score (nSPS) is 16.5. The van der Waals surface area contributed by atoms with Crippen molar-refractivity contribution < 1.29 is 38.6 Å². The van der Waals surface area contributed by atoms with Gasteiger partial charge in [0.15, 0.2) is 11.5 Å². The van der Waals surface area contributed by atoms with E-state index in [1.807, 2.05) is 0 Å². The van der Waals surface area contributed by atoms with E-state index in [0.717, 1.165) is 6.07 Å². The molecule has 0 bridgehead atoms. The smallest absolute Gasteiger partial charge is 0.306 e. The highest BCUT2D eigenvalue weighted by Gasteiger charge is 2.32. The van der Waals surface area contributed by atoms with E-state index in [0.29, 0.717) is 0 Å². The first-order valence-corrected chi connectivity index (χ1v) is 8.48. The number of hydrogen-bond donors (Lipinski definition) is 1. The average Bonchev–Trinajstić information content (AvgIpc) is 2.66. The monoisotopic (exact) mass is 398 g/mol. The van der Waals surface area contributed by atoms with Crippen LogP contribution in [0.15, 0.2) is 12.1 Å². The second-order valence-electron chi connectivity index (χ2n) is 5.96. The van der Waals surface area contributed by atoms with Crippen molar-refractivity contribution in [3.63, 3.8) is 0 Å². The second kappa shape index (κ2) is 9.85. The fourth-order valence-corrected chi connectivity index (χ4v) is 2.77. The van der Waals surface area contributed by atoms with Crippen LogP contribution in [-0.4, -0.2) is 80.0 Å². The third-order valence-electron chi connectivity index (χ3n) is 4.08. The molecule has 1 heterocycles. The number of aliphatic carboxylic acids is 1. The van der Waals surface area contributed by atoms with Gasteiger partial charge in [-0.05, 0) is 0 Å². The first-order valence-electron chi connectivity index (χ1n) is 8.48. The molecule has 1 aromatic carbocycles. The minimum Gasteiger partial charge on any atom is -0.493 e. The molecule has 0 aliphatic carbocycles. The number of carbonyl (C=O) groups excluding carboxylic acids is 1. The first kappa shape index (κ1) is 21.4. The van der Waals surface area contributed by atoms with Crippen molar-refractivity contribution in [1.82, 2.24) is 4.90 Å².